The van der Waals surface area contributed by atoms with Crippen LogP contribution in [0.4, 0.5) is 5.82 Å². The highest BCUT2D eigenvalue weighted by Crippen LogP contribution is 2.05. The zero-order chi connectivity index (χ0) is 12.1. The highest BCUT2D eigenvalue weighted by Gasteiger charge is 2.12. The van der Waals surface area contributed by atoms with Gasteiger partial charge in [-0.25, -0.2) is 4.98 Å². The van der Waals surface area contributed by atoms with Crippen molar-refractivity contribution in [2.75, 3.05) is 31.9 Å². The summed E-state index contributed by atoms with van der Waals surface area (Å²) in [5.74, 6) is 0.0428. The maximum atomic E-state index is 11.7. The quantitative estimate of drug-likeness (QED) is 0.760. The lowest BCUT2D eigenvalue weighted by Gasteiger charge is -2.14. The van der Waals surface area contributed by atoms with Gasteiger partial charge in [-0.05, 0) is 25.9 Å². The lowest BCUT2D eigenvalue weighted by atomic mass is 10.4. The Kier molecular flexibility index (Phi) is 3.87. The van der Waals surface area contributed by atoms with Crippen molar-refractivity contribution in [1.29, 1.82) is 0 Å². The van der Waals surface area contributed by atoms with Crippen LogP contribution in [0, 0.1) is 0 Å². The molecule has 0 radical (unpaired) electrons. The maximum absolute atomic E-state index is 11.7. The van der Waals surface area contributed by atoms with Crippen LogP contribution in [0.5, 0.6) is 0 Å². The molecule has 0 aromatic carbocycles. The molecule has 2 rings (SSSR count). The van der Waals surface area contributed by atoms with Crippen molar-refractivity contribution in [3.8, 4) is 0 Å². The molecule has 1 fully saturated rings. The monoisotopic (exact) mass is 235 g/mol. The molecule has 0 bridgehead atoms. The summed E-state index contributed by atoms with van der Waals surface area (Å²) in [5.41, 5.74) is 5.73. The number of carbonyl (C=O) groups excluding carboxylic acids is 1. The lowest BCUT2D eigenvalue weighted by Crippen LogP contribution is -2.33. The number of aromatic nitrogens is 2. The normalized spacial score (nSPS) is 16.0. The standard InChI is InChI=1S/C11H17N5O/c12-10-8-13-7-9(15-10)11(17)14-3-6-16-4-1-2-5-16/h7-8H,1-6H2,(H2,12,15)(H,14,17). The van der Waals surface area contributed by atoms with Gasteiger partial charge in [-0.15, -0.1) is 0 Å². The van der Waals surface area contributed by atoms with Gasteiger partial charge < -0.3 is 16.0 Å². The minimum absolute atomic E-state index is 0.219. The smallest absolute Gasteiger partial charge is 0.271 e. The van der Waals surface area contributed by atoms with Crippen molar-refractivity contribution in [3.63, 3.8) is 0 Å². The maximum Gasteiger partial charge on any atom is 0.271 e. The molecule has 1 aromatic rings. The Morgan fingerprint density at radius 3 is 2.88 bits per heavy atom. The SMILES string of the molecule is Nc1cncc(C(=O)NCCN2CCCC2)n1. The second kappa shape index (κ2) is 5.58. The molecule has 6 nitrogen and oxygen atoms in total. The van der Waals surface area contributed by atoms with E-state index in [-0.39, 0.29) is 17.4 Å². The summed E-state index contributed by atoms with van der Waals surface area (Å²) in [5, 5.41) is 2.81. The topological polar surface area (TPSA) is 84.1 Å². The van der Waals surface area contributed by atoms with Gasteiger partial charge >= 0.3 is 0 Å². The number of anilines is 1. The van der Waals surface area contributed by atoms with Crippen LogP contribution in [0.1, 0.15) is 23.3 Å². The molecule has 1 saturated heterocycles. The van der Waals surface area contributed by atoms with Gasteiger partial charge in [-0.3, -0.25) is 9.78 Å². The van der Waals surface area contributed by atoms with Crippen molar-refractivity contribution in [2.45, 2.75) is 12.8 Å². The summed E-state index contributed by atoms with van der Waals surface area (Å²) < 4.78 is 0. The zero-order valence-corrected chi connectivity index (χ0v) is 9.72. The molecule has 17 heavy (non-hydrogen) atoms. The van der Waals surface area contributed by atoms with Crippen LogP contribution in [-0.2, 0) is 0 Å². The van der Waals surface area contributed by atoms with Crippen LogP contribution in [0.2, 0.25) is 0 Å². The Hall–Kier alpha value is -1.69. The van der Waals surface area contributed by atoms with Gasteiger partial charge in [0.1, 0.15) is 11.5 Å². The van der Waals surface area contributed by atoms with Gasteiger partial charge in [0, 0.05) is 13.1 Å². The molecule has 2 heterocycles. The summed E-state index contributed by atoms with van der Waals surface area (Å²) in [6.07, 6.45) is 5.35. The Morgan fingerprint density at radius 2 is 2.18 bits per heavy atom. The van der Waals surface area contributed by atoms with E-state index in [0.717, 1.165) is 19.6 Å². The molecule has 1 amide bonds. The van der Waals surface area contributed by atoms with Crippen molar-refractivity contribution < 1.29 is 4.79 Å². The summed E-state index contributed by atoms with van der Waals surface area (Å²) in [4.78, 5) is 21.8. The number of carbonyl (C=O) groups is 1. The van der Waals surface area contributed by atoms with Crippen LogP contribution in [0.15, 0.2) is 12.4 Å². The highest BCUT2D eigenvalue weighted by molar-refractivity contribution is 5.92. The van der Waals surface area contributed by atoms with Crippen molar-refractivity contribution in [3.05, 3.63) is 18.1 Å². The van der Waals surface area contributed by atoms with Gasteiger partial charge in [0.25, 0.3) is 5.91 Å². The number of nitrogens with two attached hydrogens (primary N) is 1. The van der Waals surface area contributed by atoms with Crippen molar-refractivity contribution in [1.82, 2.24) is 20.2 Å². The molecule has 0 spiro atoms. The van der Waals surface area contributed by atoms with E-state index in [9.17, 15) is 4.79 Å². The molecule has 0 unspecified atom stereocenters. The number of likely N-dealkylation sites (tertiary alicyclic amines) is 1. The predicted molar refractivity (Wildman–Crippen MR) is 64.5 cm³/mol. The van der Waals surface area contributed by atoms with E-state index in [1.54, 1.807) is 0 Å². The highest BCUT2D eigenvalue weighted by atomic mass is 16.1. The largest absolute Gasteiger partial charge is 0.382 e. The van der Waals surface area contributed by atoms with Crippen LogP contribution < -0.4 is 11.1 Å². The van der Waals surface area contributed by atoms with E-state index < -0.39 is 0 Å². The predicted octanol–water partition coefficient (Wildman–Crippen LogP) is -0.116. The van der Waals surface area contributed by atoms with Crippen molar-refractivity contribution >= 4 is 11.7 Å². The van der Waals surface area contributed by atoms with Gasteiger partial charge in [0.2, 0.25) is 0 Å². The lowest BCUT2D eigenvalue weighted by molar-refractivity contribution is 0.0944. The summed E-state index contributed by atoms with van der Waals surface area (Å²) >= 11 is 0. The average molecular weight is 235 g/mol. The number of hydrogen-bond acceptors (Lipinski definition) is 5. The third-order valence-corrected chi connectivity index (χ3v) is 2.80. The van der Waals surface area contributed by atoms with E-state index >= 15 is 0 Å². The summed E-state index contributed by atoms with van der Waals surface area (Å²) in [6.45, 7) is 3.79. The summed E-state index contributed by atoms with van der Waals surface area (Å²) in [7, 11) is 0. The van der Waals surface area contributed by atoms with Crippen LogP contribution in [-0.4, -0.2) is 47.0 Å². The molecule has 6 heteroatoms. The van der Waals surface area contributed by atoms with Gasteiger partial charge in [-0.2, -0.15) is 0 Å². The first-order chi connectivity index (χ1) is 8.25. The number of rotatable bonds is 4. The molecular formula is C11H17N5O. The minimum atomic E-state index is -0.219. The Bertz CT molecular complexity index is 389. The van der Waals surface area contributed by atoms with Gasteiger partial charge in [0.15, 0.2) is 0 Å². The van der Waals surface area contributed by atoms with E-state index in [1.165, 1.54) is 25.2 Å². The average Bonchev–Trinajstić information content (AvgIpc) is 2.82. The molecule has 3 N–H and O–H groups in total. The number of hydrogen-bond donors (Lipinski definition) is 2. The first-order valence-electron chi connectivity index (χ1n) is 5.84. The molecule has 1 aromatic heterocycles. The van der Waals surface area contributed by atoms with E-state index in [2.05, 4.69) is 20.2 Å². The number of amides is 1. The molecular weight excluding hydrogens is 218 g/mol. The van der Waals surface area contributed by atoms with Crippen LogP contribution in [0.25, 0.3) is 0 Å². The third kappa shape index (κ3) is 3.39. The first-order valence-corrected chi connectivity index (χ1v) is 5.84. The molecule has 1 aliphatic heterocycles. The number of nitrogens with one attached hydrogen (secondary N) is 1. The van der Waals surface area contributed by atoms with Crippen LogP contribution >= 0.6 is 0 Å². The van der Waals surface area contributed by atoms with E-state index in [0.29, 0.717) is 6.54 Å². The van der Waals surface area contributed by atoms with E-state index in [4.69, 9.17) is 5.73 Å². The fourth-order valence-corrected chi connectivity index (χ4v) is 1.91. The van der Waals surface area contributed by atoms with Crippen molar-refractivity contribution in [2.24, 2.45) is 0 Å². The second-order valence-corrected chi connectivity index (χ2v) is 4.13. The minimum Gasteiger partial charge on any atom is -0.382 e. The Labute approximate surface area is 100 Å². The fourth-order valence-electron chi connectivity index (χ4n) is 1.91. The van der Waals surface area contributed by atoms with E-state index in [1.807, 2.05) is 0 Å². The summed E-state index contributed by atoms with van der Waals surface area (Å²) in [6, 6.07) is 0. The Balaban J connectivity index is 1.77. The van der Waals surface area contributed by atoms with Crippen LogP contribution in [0.3, 0.4) is 0 Å². The van der Waals surface area contributed by atoms with Gasteiger partial charge in [-0.1, -0.05) is 0 Å². The molecule has 92 valence electrons. The molecule has 1 aliphatic rings. The zero-order valence-electron chi connectivity index (χ0n) is 9.72. The van der Waals surface area contributed by atoms with Gasteiger partial charge in [0.05, 0.1) is 12.4 Å². The number of nitrogen functional groups attached to an aromatic ring is 1. The first kappa shape index (κ1) is 11.8. The molecule has 0 saturated carbocycles. The number of nitrogens with zero attached hydrogens (tertiary/aromatic N) is 3. The molecule has 0 aliphatic carbocycles. The molecule has 0 atom stereocenters. The second-order valence-electron chi connectivity index (χ2n) is 4.13. The fraction of sp³-hybridized carbons (Fsp3) is 0.545. The third-order valence-electron chi connectivity index (χ3n) is 2.80. The Morgan fingerprint density at radius 1 is 1.41 bits per heavy atom.